The summed E-state index contributed by atoms with van der Waals surface area (Å²) in [4.78, 5) is 4.48. The molecule has 4 nitrogen and oxygen atoms in total. The van der Waals surface area contributed by atoms with Crippen LogP contribution in [0.4, 0.5) is 4.39 Å². The van der Waals surface area contributed by atoms with Gasteiger partial charge in [0.25, 0.3) is 0 Å². The number of imidazole rings is 1. The van der Waals surface area contributed by atoms with Crippen LogP contribution in [0.2, 0.25) is 10.0 Å². The fourth-order valence-corrected chi connectivity index (χ4v) is 4.42. The molecule has 0 spiro atoms. The SMILES string of the molecule is CS(=O)(=O)c1cccc(-c2ccc(-n3ccnc3-c3c(Cl)cccc3Cl)c(F)c2)c1. The van der Waals surface area contributed by atoms with Crippen molar-refractivity contribution in [2.45, 2.75) is 4.90 Å². The van der Waals surface area contributed by atoms with Gasteiger partial charge in [-0.05, 0) is 47.5 Å². The lowest BCUT2D eigenvalue weighted by atomic mass is 10.0. The quantitative estimate of drug-likeness (QED) is 0.372. The molecule has 0 atom stereocenters. The van der Waals surface area contributed by atoms with E-state index < -0.39 is 15.7 Å². The first-order valence-electron chi connectivity index (χ1n) is 8.84. The Bertz CT molecular complexity index is 1350. The normalized spacial score (nSPS) is 11.6. The number of sulfone groups is 1. The van der Waals surface area contributed by atoms with Crippen LogP contribution in [0.25, 0.3) is 28.2 Å². The molecule has 3 aromatic carbocycles. The van der Waals surface area contributed by atoms with E-state index in [0.29, 0.717) is 32.6 Å². The number of aromatic nitrogens is 2. The zero-order valence-electron chi connectivity index (χ0n) is 15.7. The topological polar surface area (TPSA) is 52.0 Å². The molecule has 0 unspecified atom stereocenters. The average Bonchev–Trinajstić information content (AvgIpc) is 3.16. The molecule has 4 aromatic rings. The Balaban J connectivity index is 1.79. The third kappa shape index (κ3) is 3.86. The molecule has 0 aliphatic heterocycles. The van der Waals surface area contributed by atoms with Crippen molar-refractivity contribution in [2.75, 3.05) is 6.26 Å². The van der Waals surface area contributed by atoms with Gasteiger partial charge in [0.1, 0.15) is 11.6 Å². The van der Waals surface area contributed by atoms with E-state index in [0.717, 1.165) is 6.26 Å². The summed E-state index contributed by atoms with van der Waals surface area (Å²) in [6.45, 7) is 0. The van der Waals surface area contributed by atoms with Gasteiger partial charge in [-0.25, -0.2) is 17.8 Å². The highest BCUT2D eigenvalue weighted by Gasteiger charge is 2.17. The molecule has 0 radical (unpaired) electrons. The minimum atomic E-state index is -3.36. The fourth-order valence-electron chi connectivity index (χ4n) is 3.18. The predicted octanol–water partition coefficient (Wildman–Crippen LogP) is 6.06. The van der Waals surface area contributed by atoms with Crippen LogP contribution in [0.5, 0.6) is 0 Å². The monoisotopic (exact) mass is 460 g/mol. The molecule has 0 aliphatic rings. The van der Waals surface area contributed by atoms with E-state index in [-0.39, 0.29) is 10.6 Å². The van der Waals surface area contributed by atoms with Gasteiger partial charge in [0.2, 0.25) is 0 Å². The van der Waals surface area contributed by atoms with E-state index in [9.17, 15) is 8.42 Å². The number of halogens is 3. The Morgan fingerprint density at radius 2 is 1.60 bits per heavy atom. The summed E-state index contributed by atoms with van der Waals surface area (Å²) in [5.74, 6) is -0.0870. The van der Waals surface area contributed by atoms with E-state index in [2.05, 4.69) is 4.98 Å². The van der Waals surface area contributed by atoms with Gasteiger partial charge in [-0.2, -0.15) is 0 Å². The molecule has 0 saturated heterocycles. The van der Waals surface area contributed by atoms with Crippen molar-refractivity contribution in [1.29, 1.82) is 0 Å². The summed E-state index contributed by atoms with van der Waals surface area (Å²) >= 11 is 12.6. The Hall–Kier alpha value is -2.67. The zero-order chi connectivity index (χ0) is 21.5. The van der Waals surface area contributed by atoms with E-state index in [1.165, 1.54) is 24.4 Å². The summed E-state index contributed by atoms with van der Waals surface area (Å²) in [5.41, 5.74) is 1.93. The molecule has 152 valence electrons. The molecule has 0 bridgehead atoms. The standard InChI is InChI=1S/C22H15Cl2FN2O2S/c1-30(28,29)16-5-2-4-14(12-16)15-8-9-20(19(25)13-15)27-11-10-26-22(27)21-17(23)6-3-7-18(21)24/h2-13H,1H3. The molecule has 0 N–H and O–H groups in total. The Morgan fingerprint density at radius 3 is 2.27 bits per heavy atom. The first kappa shape index (κ1) is 20.6. The van der Waals surface area contributed by atoms with E-state index in [1.807, 2.05) is 0 Å². The van der Waals surface area contributed by atoms with Gasteiger partial charge in [-0.1, -0.05) is 47.5 Å². The summed E-state index contributed by atoms with van der Waals surface area (Å²) < 4.78 is 40.3. The fraction of sp³-hybridized carbons (Fsp3) is 0.0455. The Kier molecular flexibility index (Phi) is 5.40. The van der Waals surface area contributed by atoms with Crippen molar-refractivity contribution >= 4 is 33.0 Å². The van der Waals surface area contributed by atoms with Crippen LogP contribution in [0, 0.1) is 5.82 Å². The van der Waals surface area contributed by atoms with Crippen molar-refractivity contribution in [1.82, 2.24) is 9.55 Å². The highest BCUT2D eigenvalue weighted by Crippen LogP contribution is 2.35. The minimum absolute atomic E-state index is 0.176. The van der Waals surface area contributed by atoms with Gasteiger partial charge in [0, 0.05) is 18.6 Å². The van der Waals surface area contributed by atoms with Crippen LogP contribution in [-0.4, -0.2) is 24.2 Å². The number of nitrogens with zero attached hydrogens (tertiary/aromatic N) is 2. The minimum Gasteiger partial charge on any atom is -0.297 e. The van der Waals surface area contributed by atoms with Gasteiger partial charge in [0.15, 0.2) is 9.84 Å². The van der Waals surface area contributed by atoms with Crippen molar-refractivity contribution < 1.29 is 12.8 Å². The largest absolute Gasteiger partial charge is 0.297 e. The van der Waals surface area contributed by atoms with Crippen LogP contribution in [-0.2, 0) is 9.84 Å². The van der Waals surface area contributed by atoms with Crippen LogP contribution < -0.4 is 0 Å². The lowest BCUT2D eigenvalue weighted by Crippen LogP contribution is -2.01. The van der Waals surface area contributed by atoms with Crippen LogP contribution in [0.3, 0.4) is 0 Å². The maximum atomic E-state index is 15.1. The van der Waals surface area contributed by atoms with E-state index >= 15 is 4.39 Å². The molecule has 1 heterocycles. The van der Waals surface area contributed by atoms with Crippen molar-refractivity contribution in [2.24, 2.45) is 0 Å². The lowest BCUT2D eigenvalue weighted by molar-refractivity contribution is 0.602. The van der Waals surface area contributed by atoms with Gasteiger partial charge in [-0.3, -0.25) is 4.57 Å². The van der Waals surface area contributed by atoms with Crippen molar-refractivity contribution in [3.8, 4) is 28.2 Å². The Morgan fingerprint density at radius 1 is 0.933 bits per heavy atom. The summed E-state index contributed by atoms with van der Waals surface area (Å²) in [6, 6.07) is 16.2. The second kappa shape index (κ2) is 7.87. The van der Waals surface area contributed by atoms with Crippen molar-refractivity contribution in [3.05, 3.63) is 88.9 Å². The maximum absolute atomic E-state index is 15.1. The highest BCUT2D eigenvalue weighted by molar-refractivity contribution is 7.90. The predicted molar refractivity (Wildman–Crippen MR) is 118 cm³/mol. The van der Waals surface area contributed by atoms with E-state index in [4.69, 9.17) is 23.2 Å². The van der Waals surface area contributed by atoms with E-state index in [1.54, 1.807) is 53.2 Å². The zero-order valence-corrected chi connectivity index (χ0v) is 18.0. The number of benzene rings is 3. The first-order valence-corrected chi connectivity index (χ1v) is 11.5. The highest BCUT2D eigenvalue weighted by atomic mass is 35.5. The van der Waals surface area contributed by atoms with Crippen LogP contribution in [0.1, 0.15) is 0 Å². The van der Waals surface area contributed by atoms with Crippen LogP contribution in [0.15, 0.2) is 78.0 Å². The molecule has 0 fully saturated rings. The smallest absolute Gasteiger partial charge is 0.175 e. The third-order valence-corrected chi connectivity index (χ3v) is 6.37. The third-order valence-electron chi connectivity index (χ3n) is 4.63. The molecule has 4 rings (SSSR count). The summed E-state index contributed by atoms with van der Waals surface area (Å²) in [6.07, 6.45) is 4.30. The molecular formula is C22H15Cl2FN2O2S. The molecule has 30 heavy (non-hydrogen) atoms. The Labute approximate surface area is 183 Å². The second-order valence-electron chi connectivity index (χ2n) is 6.68. The molecule has 0 amide bonds. The summed E-state index contributed by atoms with van der Waals surface area (Å²) in [7, 11) is -3.36. The second-order valence-corrected chi connectivity index (χ2v) is 9.51. The molecule has 0 aliphatic carbocycles. The average molecular weight is 461 g/mol. The van der Waals surface area contributed by atoms with Gasteiger partial charge in [0.05, 0.1) is 26.2 Å². The number of hydrogen-bond acceptors (Lipinski definition) is 3. The molecule has 1 aromatic heterocycles. The van der Waals surface area contributed by atoms with Gasteiger partial charge in [-0.15, -0.1) is 0 Å². The van der Waals surface area contributed by atoms with Gasteiger partial charge >= 0.3 is 0 Å². The summed E-state index contributed by atoms with van der Waals surface area (Å²) in [5, 5.41) is 0.814. The number of rotatable bonds is 4. The molecule has 8 heteroatoms. The maximum Gasteiger partial charge on any atom is 0.175 e. The molecular weight excluding hydrogens is 446 g/mol. The lowest BCUT2D eigenvalue weighted by Gasteiger charge is -2.13. The van der Waals surface area contributed by atoms with Gasteiger partial charge < -0.3 is 0 Å². The van der Waals surface area contributed by atoms with Crippen molar-refractivity contribution in [3.63, 3.8) is 0 Å². The number of hydrogen-bond donors (Lipinski definition) is 0. The van der Waals surface area contributed by atoms with Crippen LogP contribution >= 0.6 is 23.2 Å². The first-order chi connectivity index (χ1) is 14.3. The molecule has 0 saturated carbocycles.